The van der Waals surface area contributed by atoms with Crippen molar-refractivity contribution in [3.63, 3.8) is 0 Å². The van der Waals surface area contributed by atoms with Crippen LogP contribution in [-0.4, -0.2) is 43.4 Å². The lowest BCUT2D eigenvalue weighted by molar-refractivity contribution is -0.142. The molecular weight excluding hydrogens is 262 g/mol. The largest absolute Gasteiger partial charge is 0.480 e. The van der Waals surface area contributed by atoms with Crippen LogP contribution in [0.5, 0.6) is 0 Å². The Morgan fingerprint density at radius 2 is 1.83 bits per heavy atom. The van der Waals surface area contributed by atoms with E-state index >= 15 is 0 Å². The highest BCUT2D eigenvalue weighted by Crippen LogP contribution is 2.15. The van der Waals surface area contributed by atoms with Crippen molar-refractivity contribution in [2.24, 2.45) is 0 Å². The van der Waals surface area contributed by atoms with Crippen molar-refractivity contribution in [2.45, 2.75) is 44.4 Å². The van der Waals surface area contributed by atoms with E-state index in [1.165, 1.54) is 27.9 Å². The van der Waals surface area contributed by atoms with Crippen LogP contribution in [0, 0.1) is 0 Å². The lowest BCUT2D eigenvalue weighted by Crippen LogP contribution is -2.48. The first-order valence-corrected chi connectivity index (χ1v) is 6.81. The molecule has 0 saturated carbocycles. The average Bonchev–Trinajstić information content (AvgIpc) is 2.21. The van der Waals surface area contributed by atoms with E-state index in [0.717, 1.165) is 0 Å². The molecule has 18 heavy (non-hydrogen) atoms. The molecule has 0 aromatic carbocycles. The third kappa shape index (κ3) is 5.01. The summed E-state index contributed by atoms with van der Waals surface area (Å²) < 4.78 is 28.9. The summed E-state index contributed by atoms with van der Waals surface area (Å²) in [6.45, 7) is 4.36. The second-order valence-corrected chi connectivity index (χ2v) is 7.21. The van der Waals surface area contributed by atoms with E-state index in [0.29, 0.717) is 0 Å². The summed E-state index contributed by atoms with van der Waals surface area (Å²) in [6, 6.07) is -1.34. The lowest BCUT2D eigenvalue weighted by Gasteiger charge is -2.23. The summed E-state index contributed by atoms with van der Waals surface area (Å²) in [7, 11) is -2.60. The molecule has 0 rings (SSSR count). The third-order valence-corrected chi connectivity index (χ3v) is 4.47. The summed E-state index contributed by atoms with van der Waals surface area (Å²) in [5.41, 5.74) is 0. The van der Waals surface area contributed by atoms with E-state index < -0.39 is 32.8 Å². The number of carboxylic acids is 1. The van der Waals surface area contributed by atoms with Gasteiger partial charge in [-0.3, -0.25) is 9.59 Å². The molecule has 0 fully saturated rings. The lowest BCUT2D eigenvalue weighted by atomic mass is 10.2. The molecule has 0 spiro atoms. The molecule has 1 atom stereocenters. The number of ether oxygens (including phenoxy) is 1. The maximum atomic E-state index is 11.8. The van der Waals surface area contributed by atoms with Crippen LogP contribution in [0.3, 0.4) is 0 Å². The molecular formula is C10H19NO6S. The van der Waals surface area contributed by atoms with E-state index in [2.05, 4.69) is 9.46 Å². The van der Waals surface area contributed by atoms with E-state index in [1.807, 2.05) is 0 Å². The van der Waals surface area contributed by atoms with Gasteiger partial charge in [-0.15, -0.1) is 0 Å². The number of hydrogen-bond donors (Lipinski definition) is 2. The van der Waals surface area contributed by atoms with E-state index in [4.69, 9.17) is 5.11 Å². The predicted octanol–water partition coefficient (Wildman–Crippen LogP) is 0.111. The van der Waals surface area contributed by atoms with Crippen LogP contribution in [-0.2, 0) is 24.3 Å². The maximum Gasteiger partial charge on any atom is 0.321 e. The highest BCUT2D eigenvalue weighted by molar-refractivity contribution is 7.90. The zero-order valence-corrected chi connectivity index (χ0v) is 11.7. The average molecular weight is 281 g/mol. The van der Waals surface area contributed by atoms with Gasteiger partial charge in [-0.1, -0.05) is 0 Å². The second-order valence-electron chi connectivity index (χ2n) is 4.74. The van der Waals surface area contributed by atoms with Gasteiger partial charge in [0.2, 0.25) is 10.0 Å². The number of esters is 1. The summed E-state index contributed by atoms with van der Waals surface area (Å²) in [5.74, 6) is -1.91. The molecule has 0 aliphatic heterocycles. The zero-order chi connectivity index (χ0) is 14.6. The van der Waals surface area contributed by atoms with Crippen LogP contribution in [0.4, 0.5) is 0 Å². The normalized spacial score (nSPS) is 14.0. The Hall–Kier alpha value is -1.15. The Kier molecular flexibility index (Phi) is 5.75. The molecule has 0 aliphatic rings. The molecule has 0 aromatic rings. The Labute approximate surface area is 107 Å². The number of carbonyl (C=O) groups excluding carboxylic acids is 1. The van der Waals surface area contributed by atoms with Gasteiger partial charge < -0.3 is 9.84 Å². The van der Waals surface area contributed by atoms with Crippen molar-refractivity contribution in [1.82, 2.24) is 4.72 Å². The minimum Gasteiger partial charge on any atom is -0.480 e. The van der Waals surface area contributed by atoms with Crippen LogP contribution in [0.1, 0.15) is 33.6 Å². The number of carboxylic acid groups (broad SMARTS) is 1. The third-order valence-electron chi connectivity index (χ3n) is 2.27. The highest BCUT2D eigenvalue weighted by atomic mass is 32.2. The van der Waals surface area contributed by atoms with Crippen molar-refractivity contribution in [1.29, 1.82) is 0 Å². The molecule has 0 unspecified atom stereocenters. The van der Waals surface area contributed by atoms with Gasteiger partial charge in [-0.2, -0.15) is 0 Å². The topological polar surface area (TPSA) is 110 Å². The molecule has 0 saturated heterocycles. The number of hydrogen-bond acceptors (Lipinski definition) is 5. The molecule has 8 heteroatoms. The smallest absolute Gasteiger partial charge is 0.321 e. The molecule has 0 bridgehead atoms. The molecule has 0 heterocycles. The highest BCUT2D eigenvalue weighted by Gasteiger charge is 2.33. The molecule has 0 radical (unpaired) electrons. The van der Waals surface area contributed by atoms with E-state index in [1.54, 1.807) is 0 Å². The van der Waals surface area contributed by atoms with E-state index in [-0.39, 0.29) is 12.8 Å². The molecule has 2 N–H and O–H groups in total. The number of nitrogens with one attached hydrogen (secondary N) is 1. The van der Waals surface area contributed by atoms with Gasteiger partial charge in [0.1, 0.15) is 6.04 Å². The fourth-order valence-corrected chi connectivity index (χ4v) is 1.91. The van der Waals surface area contributed by atoms with Gasteiger partial charge in [0, 0.05) is 6.42 Å². The number of carbonyl (C=O) groups is 2. The standard InChI is InChI=1S/C10H19NO6S/c1-10(2,3)18(15,16)11-7(9(13)14)5-6-8(12)17-4/h7,11H,5-6H2,1-4H3,(H,13,14)/t7-/m0/s1. The number of methoxy groups -OCH3 is 1. The summed E-state index contributed by atoms with van der Waals surface area (Å²) >= 11 is 0. The minimum atomic E-state index is -3.78. The Balaban J connectivity index is 4.76. The minimum absolute atomic E-state index is 0.155. The Morgan fingerprint density at radius 1 is 1.33 bits per heavy atom. The number of sulfonamides is 1. The number of aliphatic carboxylic acids is 1. The van der Waals surface area contributed by atoms with Gasteiger partial charge in [0.05, 0.1) is 11.9 Å². The first-order chi connectivity index (χ1) is 8.01. The van der Waals surface area contributed by atoms with Crippen molar-refractivity contribution in [3.8, 4) is 0 Å². The van der Waals surface area contributed by atoms with Crippen LogP contribution in [0.2, 0.25) is 0 Å². The first-order valence-electron chi connectivity index (χ1n) is 5.32. The maximum absolute atomic E-state index is 11.8. The summed E-state index contributed by atoms with van der Waals surface area (Å²) in [6.07, 6.45) is -0.322. The first kappa shape index (κ1) is 16.9. The second kappa shape index (κ2) is 6.14. The van der Waals surface area contributed by atoms with Crippen molar-refractivity contribution in [3.05, 3.63) is 0 Å². The van der Waals surface area contributed by atoms with Gasteiger partial charge in [0.15, 0.2) is 0 Å². The van der Waals surface area contributed by atoms with Crippen LogP contribution in [0.15, 0.2) is 0 Å². The molecule has 0 aliphatic carbocycles. The monoisotopic (exact) mass is 281 g/mol. The van der Waals surface area contributed by atoms with Crippen LogP contribution < -0.4 is 4.72 Å². The molecule has 106 valence electrons. The Morgan fingerprint density at radius 3 is 2.17 bits per heavy atom. The zero-order valence-electron chi connectivity index (χ0n) is 10.9. The molecule has 0 amide bonds. The van der Waals surface area contributed by atoms with Crippen molar-refractivity contribution < 1.29 is 27.9 Å². The van der Waals surface area contributed by atoms with E-state index in [9.17, 15) is 18.0 Å². The van der Waals surface area contributed by atoms with Crippen molar-refractivity contribution in [2.75, 3.05) is 7.11 Å². The predicted molar refractivity (Wildman–Crippen MR) is 64.5 cm³/mol. The van der Waals surface area contributed by atoms with Gasteiger partial charge in [-0.05, 0) is 27.2 Å². The number of rotatable bonds is 6. The fraction of sp³-hybridized carbons (Fsp3) is 0.800. The SMILES string of the molecule is COC(=O)CC[C@H](NS(=O)(=O)C(C)(C)C)C(=O)O. The summed E-state index contributed by atoms with van der Waals surface area (Å²) in [5, 5.41) is 8.91. The summed E-state index contributed by atoms with van der Waals surface area (Å²) in [4.78, 5) is 21.8. The van der Waals surface area contributed by atoms with Gasteiger partial charge >= 0.3 is 11.9 Å². The fourth-order valence-electron chi connectivity index (χ4n) is 0.961. The van der Waals surface area contributed by atoms with Crippen molar-refractivity contribution >= 4 is 22.0 Å². The molecule has 7 nitrogen and oxygen atoms in total. The Bertz CT molecular complexity index is 409. The van der Waals surface area contributed by atoms with Gasteiger partial charge in [0.25, 0.3) is 0 Å². The van der Waals surface area contributed by atoms with Crippen LogP contribution >= 0.6 is 0 Å². The molecule has 0 aromatic heterocycles. The quantitative estimate of drug-likeness (QED) is 0.669. The van der Waals surface area contributed by atoms with Gasteiger partial charge in [-0.25, -0.2) is 13.1 Å². The van der Waals surface area contributed by atoms with Crippen LogP contribution in [0.25, 0.3) is 0 Å².